The van der Waals surface area contributed by atoms with E-state index in [1.54, 1.807) is 4.90 Å². The van der Waals surface area contributed by atoms with Crippen molar-refractivity contribution in [1.82, 2.24) is 4.98 Å². The maximum absolute atomic E-state index is 12.5. The number of nitrogens with zero attached hydrogens (tertiary/aromatic N) is 1. The summed E-state index contributed by atoms with van der Waals surface area (Å²) < 4.78 is 0. The Morgan fingerprint density at radius 1 is 1.08 bits per heavy atom. The first kappa shape index (κ1) is 14.5. The lowest BCUT2D eigenvalue weighted by Gasteiger charge is -2.16. The van der Waals surface area contributed by atoms with Gasteiger partial charge in [0.15, 0.2) is 0 Å². The molecule has 0 atom stereocenters. The third kappa shape index (κ3) is 2.65. The number of carbonyl (C=O) groups is 2. The molecule has 24 heavy (non-hydrogen) atoms. The Balaban J connectivity index is 1.56. The number of hydrogen-bond acceptors (Lipinski definition) is 2. The Labute approximate surface area is 139 Å². The first-order chi connectivity index (χ1) is 11.7. The van der Waals surface area contributed by atoms with Crippen LogP contribution in [0.15, 0.2) is 54.6 Å². The van der Waals surface area contributed by atoms with E-state index in [9.17, 15) is 9.59 Å². The molecule has 2 aromatic carbocycles. The van der Waals surface area contributed by atoms with E-state index < -0.39 is 0 Å². The average molecular weight is 319 g/mol. The molecule has 1 fully saturated rings. The fourth-order valence-corrected chi connectivity index (χ4v) is 3.07. The van der Waals surface area contributed by atoms with Crippen molar-refractivity contribution in [2.75, 3.05) is 16.8 Å². The molecule has 120 valence electrons. The van der Waals surface area contributed by atoms with Crippen molar-refractivity contribution in [3.8, 4) is 0 Å². The minimum absolute atomic E-state index is 0.133. The van der Waals surface area contributed by atoms with E-state index in [1.807, 2.05) is 54.6 Å². The van der Waals surface area contributed by atoms with Crippen molar-refractivity contribution >= 4 is 34.1 Å². The Bertz CT molecular complexity index is 896. The predicted octanol–water partition coefficient (Wildman–Crippen LogP) is 3.55. The van der Waals surface area contributed by atoms with Gasteiger partial charge in [0.05, 0.1) is 0 Å². The van der Waals surface area contributed by atoms with Crippen LogP contribution in [0.5, 0.6) is 0 Å². The number of nitrogens with one attached hydrogen (secondary N) is 2. The van der Waals surface area contributed by atoms with Crippen LogP contribution in [0.4, 0.5) is 11.4 Å². The van der Waals surface area contributed by atoms with Gasteiger partial charge in [-0.2, -0.15) is 0 Å². The van der Waals surface area contributed by atoms with Gasteiger partial charge in [0.2, 0.25) is 5.91 Å². The molecular weight excluding hydrogens is 302 g/mol. The molecule has 5 nitrogen and oxygen atoms in total. The summed E-state index contributed by atoms with van der Waals surface area (Å²) in [6.45, 7) is 0.734. The van der Waals surface area contributed by atoms with E-state index >= 15 is 0 Å². The summed E-state index contributed by atoms with van der Waals surface area (Å²) in [5.41, 5.74) is 2.95. The molecule has 5 heteroatoms. The van der Waals surface area contributed by atoms with Gasteiger partial charge in [-0.05, 0) is 36.8 Å². The molecule has 4 rings (SSSR count). The highest BCUT2D eigenvalue weighted by Gasteiger charge is 2.21. The molecule has 1 aromatic heterocycles. The van der Waals surface area contributed by atoms with Crippen molar-refractivity contribution in [2.45, 2.75) is 12.8 Å². The normalized spacial score (nSPS) is 14.3. The molecule has 1 aliphatic heterocycles. The zero-order chi connectivity index (χ0) is 16.5. The number of rotatable bonds is 3. The minimum Gasteiger partial charge on any atom is -0.351 e. The van der Waals surface area contributed by atoms with E-state index in [-0.39, 0.29) is 11.8 Å². The highest BCUT2D eigenvalue weighted by Crippen LogP contribution is 2.24. The fourth-order valence-electron chi connectivity index (χ4n) is 3.07. The highest BCUT2D eigenvalue weighted by atomic mass is 16.2. The lowest BCUT2D eigenvalue weighted by molar-refractivity contribution is -0.117. The number of hydrogen-bond donors (Lipinski definition) is 2. The smallest absolute Gasteiger partial charge is 0.272 e. The number of carbonyl (C=O) groups excluding carboxylic acids is 2. The summed E-state index contributed by atoms with van der Waals surface area (Å²) in [4.78, 5) is 29.2. The van der Waals surface area contributed by atoms with Crippen LogP contribution in [0.25, 0.3) is 10.9 Å². The van der Waals surface area contributed by atoms with Crippen LogP contribution in [-0.2, 0) is 4.79 Å². The second kappa shape index (κ2) is 5.85. The molecule has 0 bridgehead atoms. The number of aromatic amines is 1. The monoisotopic (exact) mass is 319 g/mol. The molecule has 1 aliphatic rings. The van der Waals surface area contributed by atoms with Gasteiger partial charge >= 0.3 is 0 Å². The first-order valence-electron chi connectivity index (χ1n) is 8.00. The number of para-hydroxylation sites is 1. The Hall–Kier alpha value is -3.08. The van der Waals surface area contributed by atoms with E-state index in [0.717, 1.165) is 29.6 Å². The van der Waals surface area contributed by atoms with Crippen LogP contribution in [0.2, 0.25) is 0 Å². The zero-order valence-corrected chi connectivity index (χ0v) is 13.1. The standard InChI is InChI=1S/C19H17N3O2/c23-18-9-4-10-22(18)15-7-3-6-14(12-15)20-19(24)17-11-13-5-1-2-8-16(13)21-17/h1-3,5-8,11-12,21H,4,9-10H2,(H,20,24). The van der Waals surface area contributed by atoms with Crippen molar-refractivity contribution in [3.05, 3.63) is 60.3 Å². The van der Waals surface area contributed by atoms with Gasteiger partial charge in [0.1, 0.15) is 5.69 Å². The van der Waals surface area contributed by atoms with Gasteiger partial charge in [-0.25, -0.2) is 0 Å². The molecule has 1 saturated heterocycles. The van der Waals surface area contributed by atoms with E-state index in [1.165, 1.54) is 0 Å². The lowest BCUT2D eigenvalue weighted by Crippen LogP contribution is -2.23. The molecule has 0 radical (unpaired) electrons. The van der Waals surface area contributed by atoms with E-state index in [0.29, 0.717) is 17.8 Å². The second-order valence-corrected chi connectivity index (χ2v) is 5.92. The first-order valence-corrected chi connectivity index (χ1v) is 8.00. The molecule has 2 amide bonds. The van der Waals surface area contributed by atoms with Crippen LogP contribution in [0.3, 0.4) is 0 Å². The van der Waals surface area contributed by atoms with Gasteiger partial charge in [-0.15, -0.1) is 0 Å². The number of amides is 2. The maximum Gasteiger partial charge on any atom is 0.272 e. The molecule has 0 unspecified atom stereocenters. The molecule has 3 aromatic rings. The van der Waals surface area contributed by atoms with Crippen molar-refractivity contribution in [1.29, 1.82) is 0 Å². The van der Waals surface area contributed by atoms with Crippen LogP contribution < -0.4 is 10.2 Å². The van der Waals surface area contributed by atoms with Crippen molar-refractivity contribution in [2.24, 2.45) is 0 Å². The van der Waals surface area contributed by atoms with Gasteiger partial charge in [-0.3, -0.25) is 9.59 Å². The molecule has 2 N–H and O–H groups in total. The SMILES string of the molecule is O=C(Nc1cccc(N2CCCC2=O)c1)c1cc2ccccc2[nH]1. The van der Waals surface area contributed by atoms with E-state index in [4.69, 9.17) is 0 Å². The van der Waals surface area contributed by atoms with Crippen molar-refractivity contribution < 1.29 is 9.59 Å². The summed E-state index contributed by atoms with van der Waals surface area (Å²) in [5.74, 6) is -0.0646. The van der Waals surface area contributed by atoms with E-state index in [2.05, 4.69) is 10.3 Å². The zero-order valence-electron chi connectivity index (χ0n) is 13.1. The van der Waals surface area contributed by atoms with Crippen LogP contribution >= 0.6 is 0 Å². The van der Waals surface area contributed by atoms with Crippen LogP contribution in [0.1, 0.15) is 23.3 Å². The third-order valence-electron chi connectivity index (χ3n) is 4.26. The Morgan fingerprint density at radius 3 is 2.75 bits per heavy atom. The third-order valence-corrected chi connectivity index (χ3v) is 4.26. The topological polar surface area (TPSA) is 65.2 Å². The summed E-state index contributed by atoms with van der Waals surface area (Å²) >= 11 is 0. The number of benzene rings is 2. The molecule has 0 saturated carbocycles. The van der Waals surface area contributed by atoms with Crippen molar-refractivity contribution in [3.63, 3.8) is 0 Å². The van der Waals surface area contributed by atoms with Gasteiger partial charge < -0.3 is 15.2 Å². The number of anilines is 2. The van der Waals surface area contributed by atoms with Gasteiger partial charge in [0, 0.05) is 35.2 Å². The lowest BCUT2D eigenvalue weighted by atomic mass is 10.2. The molecule has 0 aliphatic carbocycles. The average Bonchev–Trinajstić information content (AvgIpc) is 3.21. The summed E-state index contributed by atoms with van der Waals surface area (Å²) in [6, 6.07) is 17.0. The summed E-state index contributed by atoms with van der Waals surface area (Å²) in [7, 11) is 0. The molecular formula is C19H17N3O2. The second-order valence-electron chi connectivity index (χ2n) is 5.92. The number of H-pyrrole nitrogens is 1. The van der Waals surface area contributed by atoms with Crippen LogP contribution in [0, 0.1) is 0 Å². The maximum atomic E-state index is 12.5. The largest absolute Gasteiger partial charge is 0.351 e. The van der Waals surface area contributed by atoms with Crippen LogP contribution in [-0.4, -0.2) is 23.3 Å². The molecule has 0 spiro atoms. The summed E-state index contributed by atoms with van der Waals surface area (Å²) in [5, 5.41) is 3.89. The highest BCUT2D eigenvalue weighted by molar-refractivity contribution is 6.06. The predicted molar refractivity (Wildman–Crippen MR) is 94.3 cm³/mol. The Morgan fingerprint density at radius 2 is 1.96 bits per heavy atom. The molecule has 2 heterocycles. The fraction of sp³-hybridized carbons (Fsp3) is 0.158. The van der Waals surface area contributed by atoms with Gasteiger partial charge in [0.25, 0.3) is 5.91 Å². The number of fused-ring (bicyclic) bond motifs is 1. The van der Waals surface area contributed by atoms with Gasteiger partial charge in [-0.1, -0.05) is 24.3 Å². The quantitative estimate of drug-likeness (QED) is 0.775. The number of aromatic nitrogens is 1. The Kier molecular flexibility index (Phi) is 3.54. The minimum atomic E-state index is -0.198. The summed E-state index contributed by atoms with van der Waals surface area (Å²) in [6.07, 6.45) is 1.47.